The Labute approximate surface area is 101 Å². The van der Waals surface area contributed by atoms with E-state index in [9.17, 15) is 4.79 Å². The van der Waals surface area contributed by atoms with Crippen molar-refractivity contribution in [3.05, 3.63) is 72.2 Å². The average Bonchev–Trinajstić information content (AvgIpc) is 2.58. The average molecular weight is 226 g/mol. The van der Waals surface area contributed by atoms with Crippen molar-refractivity contribution in [2.75, 3.05) is 6.54 Å². The lowest BCUT2D eigenvalue weighted by Crippen LogP contribution is -2.16. The van der Waals surface area contributed by atoms with Gasteiger partial charge in [0, 0.05) is 23.5 Å². The Morgan fingerprint density at radius 2 is 2.18 bits per heavy atom. The second-order valence-corrected chi connectivity index (χ2v) is 3.74. The molecule has 0 unspecified atom stereocenters. The first-order chi connectivity index (χ1) is 8.22. The third-order valence-corrected chi connectivity index (χ3v) is 2.54. The predicted octanol–water partition coefficient (Wildman–Crippen LogP) is 1.71. The zero-order valence-electron chi connectivity index (χ0n) is 9.49. The summed E-state index contributed by atoms with van der Waals surface area (Å²) in [7, 11) is 0. The Bertz CT molecular complexity index is 504. The molecule has 86 valence electrons. The highest BCUT2D eigenvalue weighted by Gasteiger charge is 2.25. The largest absolute Gasteiger partial charge is 0.382 e. The van der Waals surface area contributed by atoms with Gasteiger partial charge in [0.05, 0.1) is 5.57 Å². The molecule has 3 nitrogen and oxygen atoms in total. The van der Waals surface area contributed by atoms with Gasteiger partial charge in [0.1, 0.15) is 0 Å². The summed E-state index contributed by atoms with van der Waals surface area (Å²) in [5, 5.41) is 5.88. The molecular weight excluding hydrogens is 212 g/mol. The van der Waals surface area contributed by atoms with E-state index in [-0.39, 0.29) is 5.91 Å². The molecule has 2 aliphatic heterocycles. The van der Waals surface area contributed by atoms with Crippen LogP contribution in [-0.4, -0.2) is 12.5 Å². The maximum Gasteiger partial charge on any atom is 0.256 e. The Hall–Kier alpha value is -2.29. The first kappa shape index (κ1) is 11.2. The molecule has 2 heterocycles. The van der Waals surface area contributed by atoms with E-state index in [0.717, 1.165) is 17.8 Å². The van der Waals surface area contributed by atoms with Gasteiger partial charge in [-0.1, -0.05) is 37.5 Å². The van der Waals surface area contributed by atoms with Crippen LogP contribution in [-0.2, 0) is 4.79 Å². The smallest absolute Gasteiger partial charge is 0.256 e. The second-order valence-electron chi connectivity index (χ2n) is 3.74. The van der Waals surface area contributed by atoms with Crippen LogP contribution < -0.4 is 10.6 Å². The normalized spacial score (nSPS) is 23.6. The van der Waals surface area contributed by atoms with Crippen LogP contribution in [0, 0.1) is 0 Å². The van der Waals surface area contributed by atoms with Crippen molar-refractivity contribution in [3.8, 4) is 0 Å². The first-order valence-corrected chi connectivity index (χ1v) is 5.38. The van der Waals surface area contributed by atoms with Crippen LogP contribution in [0.15, 0.2) is 72.2 Å². The third kappa shape index (κ3) is 2.28. The van der Waals surface area contributed by atoms with Crippen molar-refractivity contribution in [1.29, 1.82) is 0 Å². The lowest BCUT2D eigenvalue weighted by atomic mass is 10.1. The van der Waals surface area contributed by atoms with Crippen molar-refractivity contribution < 1.29 is 4.79 Å². The SMILES string of the molecule is C=C/C=C1\C(=C)NC(=O)\C1=C\C1=CC=CCN1. The van der Waals surface area contributed by atoms with Crippen molar-refractivity contribution in [2.45, 2.75) is 0 Å². The van der Waals surface area contributed by atoms with Crippen molar-refractivity contribution in [1.82, 2.24) is 10.6 Å². The van der Waals surface area contributed by atoms with E-state index in [0.29, 0.717) is 11.3 Å². The molecule has 0 atom stereocenters. The van der Waals surface area contributed by atoms with E-state index >= 15 is 0 Å². The van der Waals surface area contributed by atoms with Gasteiger partial charge in [0.25, 0.3) is 5.91 Å². The number of carbonyl (C=O) groups is 1. The number of amides is 1. The van der Waals surface area contributed by atoms with Crippen LogP contribution in [0.1, 0.15) is 0 Å². The standard InChI is InChI=1S/C14H14N2O/c1-3-6-12-10(2)16-14(17)13(12)9-11-7-4-5-8-15-11/h3-7,9,15H,1-2,8H2,(H,16,17)/b12-6+,13-9+. The van der Waals surface area contributed by atoms with Gasteiger partial charge >= 0.3 is 0 Å². The van der Waals surface area contributed by atoms with Crippen LogP contribution in [0.4, 0.5) is 0 Å². The van der Waals surface area contributed by atoms with E-state index in [1.165, 1.54) is 0 Å². The molecule has 0 aromatic carbocycles. The minimum atomic E-state index is -0.125. The zero-order chi connectivity index (χ0) is 12.3. The van der Waals surface area contributed by atoms with Gasteiger partial charge in [-0.25, -0.2) is 0 Å². The number of hydrogen-bond donors (Lipinski definition) is 2. The highest BCUT2D eigenvalue weighted by Crippen LogP contribution is 2.25. The van der Waals surface area contributed by atoms with E-state index in [1.807, 2.05) is 24.3 Å². The fourth-order valence-corrected chi connectivity index (χ4v) is 1.74. The molecular formula is C14H14N2O. The van der Waals surface area contributed by atoms with Crippen molar-refractivity contribution in [3.63, 3.8) is 0 Å². The number of hydrogen-bond acceptors (Lipinski definition) is 2. The van der Waals surface area contributed by atoms with Gasteiger partial charge in [-0.15, -0.1) is 0 Å². The van der Waals surface area contributed by atoms with Gasteiger partial charge in [-0.2, -0.15) is 0 Å². The summed E-state index contributed by atoms with van der Waals surface area (Å²) in [5.41, 5.74) is 2.95. The molecule has 2 aliphatic rings. The number of carbonyl (C=O) groups excluding carboxylic acids is 1. The summed E-state index contributed by atoms with van der Waals surface area (Å²) >= 11 is 0. The number of nitrogens with one attached hydrogen (secondary N) is 2. The molecule has 1 saturated heterocycles. The molecule has 0 spiro atoms. The third-order valence-electron chi connectivity index (χ3n) is 2.54. The van der Waals surface area contributed by atoms with Crippen molar-refractivity contribution >= 4 is 5.91 Å². The van der Waals surface area contributed by atoms with Crippen LogP contribution in [0.25, 0.3) is 0 Å². The lowest BCUT2D eigenvalue weighted by Gasteiger charge is -2.08. The molecule has 2 rings (SSSR count). The quantitative estimate of drug-likeness (QED) is 0.704. The summed E-state index contributed by atoms with van der Waals surface area (Å²) in [6.45, 7) is 8.22. The first-order valence-electron chi connectivity index (χ1n) is 5.38. The Balaban J connectivity index is 2.38. The minimum absolute atomic E-state index is 0.125. The Morgan fingerprint density at radius 1 is 1.35 bits per heavy atom. The monoisotopic (exact) mass is 226 g/mol. The number of dihydropyridines is 1. The summed E-state index contributed by atoms with van der Waals surface area (Å²) < 4.78 is 0. The topological polar surface area (TPSA) is 41.1 Å². The van der Waals surface area contributed by atoms with Crippen LogP contribution in [0.5, 0.6) is 0 Å². The van der Waals surface area contributed by atoms with Gasteiger partial charge in [-0.05, 0) is 12.2 Å². The lowest BCUT2D eigenvalue weighted by molar-refractivity contribution is -0.115. The highest BCUT2D eigenvalue weighted by atomic mass is 16.2. The molecule has 0 bridgehead atoms. The molecule has 2 N–H and O–H groups in total. The molecule has 0 aromatic rings. The van der Waals surface area contributed by atoms with E-state index in [1.54, 1.807) is 12.2 Å². The number of rotatable bonds is 2. The fraction of sp³-hybridized carbons (Fsp3) is 0.0714. The van der Waals surface area contributed by atoms with E-state index in [2.05, 4.69) is 23.8 Å². The molecule has 0 radical (unpaired) electrons. The molecule has 3 heteroatoms. The molecule has 17 heavy (non-hydrogen) atoms. The second kappa shape index (κ2) is 4.70. The van der Waals surface area contributed by atoms with Crippen LogP contribution >= 0.6 is 0 Å². The van der Waals surface area contributed by atoms with Gasteiger partial charge < -0.3 is 10.6 Å². The molecule has 0 aliphatic carbocycles. The van der Waals surface area contributed by atoms with E-state index < -0.39 is 0 Å². The van der Waals surface area contributed by atoms with Crippen LogP contribution in [0.3, 0.4) is 0 Å². The molecule has 1 amide bonds. The fourth-order valence-electron chi connectivity index (χ4n) is 1.74. The molecule has 0 saturated carbocycles. The summed E-state index contributed by atoms with van der Waals surface area (Å²) in [4.78, 5) is 11.8. The Kier molecular flexibility index (Phi) is 3.10. The highest BCUT2D eigenvalue weighted by molar-refractivity contribution is 6.05. The van der Waals surface area contributed by atoms with Gasteiger partial charge in [0.2, 0.25) is 0 Å². The van der Waals surface area contributed by atoms with Gasteiger partial charge in [0.15, 0.2) is 0 Å². The van der Waals surface area contributed by atoms with E-state index in [4.69, 9.17) is 0 Å². The molecule has 1 fully saturated rings. The van der Waals surface area contributed by atoms with Gasteiger partial charge in [-0.3, -0.25) is 4.79 Å². The molecule has 0 aromatic heterocycles. The predicted molar refractivity (Wildman–Crippen MR) is 68.9 cm³/mol. The maximum atomic E-state index is 11.8. The minimum Gasteiger partial charge on any atom is -0.382 e. The summed E-state index contributed by atoms with van der Waals surface area (Å²) in [6.07, 6.45) is 11.2. The van der Waals surface area contributed by atoms with Crippen molar-refractivity contribution in [2.24, 2.45) is 0 Å². The maximum absolute atomic E-state index is 11.8. The summed E-state index contributed by atoms with van der Waals surface area (Å²) in [6, 6.07) is 0. The number of allylic oxidation sites excluding steroid dienone is 6. The van der Waals surface area contributed by atoms with Crippen LogP contribution in [0.2, 0.25) is 0 Å². The Morgan fingerprint density at radius 3 is 2.82 bits per heavy atom. The summed E-state index contributed by atoms with van der Waals surface area (Å²) in [5.74, 6) is -0.125. The zero-order valence-corrected chi connectivity index (χ0v) is 9.49.